The van der Waals surface area contributed by atoms with Crippen molar-refractivity contribution in [3.05, 3.63) is 41.8 Å². The number of primary amides is 1. The number of carbonyl (C=O) groups is 1. The van der Waals surface area contributed by atoms with Crippen LogP contribution in [0, 0.1) is 6.92 Å². The highest BCUT2D eigenvalue weighted by molar-refractivity contribution is 7.99. The molecule has 7 heteroatoms. The minimum Gasteiger partial charge on any atom is -0.416 e. The largest absolute Gasteiger partial charge is 0.416 e. The molecule has 0 aliphatic carbocycles. The summed E-state index contributed by atoms with van der Waals surface area (Å²) in [6, 6.07) is 9.11. The average Bonchev–Trinajstić information content (AvgIpc) is 2.85. The monoisotopic (exact) mass is 292 g/mol. The van der Waals surface area contributed by atoms with Crippen LogP contribution in [0.2, 0.25) is 0 Å². The minimum atomic E-state index is -1.19. The Bertz CT molecular complexity index is 587. The quantitative estimate of drug-likeness (QED) is 0.774. The summed E-state index contributed by atoms with van der Waals surface area (Å²) in [6.07, 6.45) is 0.387. The molecule has 0 aliphatic heterocycles. The molecule has 1 unspecified atom stereocenters. The summed E-state index contributed by atoms with van der Waals surface area (Å²) in [5.74, 6) is 0.506. The summed E-state index contributed by atoms with van der Waals surface area (Å²) in [7, 11) is 0. The van der Waals surface area contributed by atoms with Crippen LogP contribution >= 0.6 is 11.8 Å². The fourth-order valence-corrected chi connectivity index (χ4v) is 2.66. The number of nitrogens with two attached hydrogens (primary N) is 2. The smallest absolute Gasteiger partial charge is 0.276 e. The van der Waals surface area contributed by atoms with Gasteiger partial charge in [-0.2, -0.15) is 0 Å². The predicted molar refractivity (Wildman–Crippen MR) is 75.9 cm³/mol. The topological polar surface area (TPSA) is 108 Å². The summed E-state index contributed by atoms with van der Waals surface area (Å²) in [4.78, 5) is 11.7. The molecular weight excluding hydrogens is 276 g/mol. The maximum absolute atomic E-state index is 11.7. The number of aryl methyl sites for hydroxylation is 1. The molecule has 1 amide bonds. The summed E-state index contributed by atoms with van der Waals surface area (Å²) >= 11 is 1.35. The van der Waals surface area contributed by atoms with Crippen molar-refractivity contribution in [2.45, 2.75) is 24.1 Å². The van der Waals surface area contributed by atoms with E-state index < -0.39 is 11.4 Å². The Morgan fingerprint density at radius 1 is 1.35 bits per heavy atom. The van der Waals surface area contributed by atoms with E-state index in [1.54, 1.807) is 19.1 Å². The molecule has 0 radical (unpaired) electrons. The summed E-state index contributed by atoms with van der Waals surface area (Å²) in [6.45, 7) is 1.72. The van der Waals surface area contributed by atoms with E-state index in [1.807, 2.05) is 18.2 Å². The normalized spacial score (nSPS) is 13.9. The van der Waals surface area contributed by atoms with Gasteiger partial charge in [0.15, 0.2) is 0 Å². The third kappa shape index (κ3) is 3.17. The maximum atomic E-state index is 11.7. The van der Waals surface area contributed by atoms with Crippen molar-refractivity contribution in [2.75, 3.05) is 5.75 Å². The van der Waals surface area contributed by atoms with Gasteiger partial charge in [0.25, 0.3) is 5.22 Å². The van der Waals surface area contributed by atoms with Gasteiger partial charge in [-0.15, -0.1) is 10.2 Å². The van der Waals surface area contributed by atoms with Crippen LogP contribution in [0.5, 0.6) is 0 Å². The number of nitrogens with zero attached hydrogens (tertiary/aromatic N) is 2. The van der Waals surface area contributed by atoms with Crippen molar-refractivity contribution >= 4 is 17.7 Å². The highest BCUT2D eigenvalue weighted by Gasteiger charge is 2.33. The van der Waals surface area contributed by atoms with Crippen molar-refractivity contribution in [3.8, 4) is 0 Å². The molecule has 0 saturated carbocycles. The highest BCUT2D eigenvalue weighted by atomic mass is 32.2. The number of thioether (sulfide) groups is 1. The van der Waals surface area contributed by atoms with Gasteiger partial charge in [-0.05, 0) is 12.0 Å². The zero-order valence-corrected chi connectivity index (χ0v) is 11.9. The highest BCUT2D eigenvalue weighted by Crippen LogP contribution is 2.26. The fraction of sp³-hybridized carbons (Fsp3) is 0.308. The van der Waals surface area contributed by atoms with Crippen LogP contribution in [0.3, 0.4) is 0 Å². The van der Waals surface area contributed by atoms with E-state index in [0.717, 1.165) is 0 Å². The number of hydrogen-bond donors (Lipinski definition) is 2. The second kappa shape index (κ2) is 6.06. The zero-order chi connectivity index (χ0) is 14.6. The number of aromatic nitrogens is 2. The van der Waals surface area contributed by atoms with E-state index in [4.69, 9.17) is 15.9 Å². The molecule has 0 fully saturated rings. The van der Waals surface area contributed by atoms with Gasteiger partial charge in [0.2, 0.25) is 11.8 Å². The number of carbonyl (C=O) groups excluding carboxylic acids is 1. The van der Waals surface area contributed by atoms with Crippen LogP contribution < -0.4 is 11.5 Å². The molecule has 6 nitrogen and oxygen atoms in total. The van der Waals surface area contributed by atoms with E-state index in [0.29, 0.717) is 28.9 Å². The van der Waals surface area contributed by atoms with Gasteiger partial charge in [0, 0.05) is 12.7 Å². The number of rotatable bonds is 6. The first-order valence-electron chi connectivity index (χ1n) is 6.09. The molecule has 2 rings (SSSR count). The third-order valence-corrected chi connectivity index (χ3v) is 3.78. The minimum absolute atomic E-state index is 0.387. The second-order valence-electron chi connectivity index (χ2n) is 4.39. The first kappa shape index (κ1) is 14.5. The second-order valence-corrected chi connectivity index (χ2v) is 5.43. The van der Waals surface area contributed by atoms with E-state index >= 15 is 0 Å². The Labute approximate surface area is 120 Å². The van der Waals surface area contributed by atoms with Gasteiger partial charge in [0.05, 0.1) is 0 Å². The van der Waals surface area contributed by atoms with E-state index in [-0.39, 0.29) is 0 Å². The lowest BCUT2D eigenvalue weighted by molar-refractivity contribution is -0.123. The van der Waals surface area contributed by atoms with Crippen LogP contribution in [0.4, 0.5) is 0 Å². The van der Waals surface area contributed by atoms with Gasteiger partial charge in [-0.25, -0.2) is 0 Å². The van der Waals surface area contributed by atoms with Crippen LogP contribution in [0.25, 0.3) is 0 Å². The van der Waals surface area contributed by atoms with Gasteiger partial charge < -0.3 is 15.9 Å². The molecule has 0 aliphatic rings. The molecule has 0 saturated heterocycles. The Morgan fingerprint density at radius 2 is 2.05 bits per heavy atom. The molecule has 1 atom stereocenters. The molecule has 106 valence electrons. The van der Waals surface area contributed by atoms with Gasteiger partial charge in [-0.3, -0.25) is 4.79 Å². The molecule has 1 heterocycles. The lowest BCUT2D eigenvalue weighted by Gasteiger charge is -2.26. The molecule has 4 N–H and O–H groups in total. The lowest BCUT2D eigenvalue weighted by atomic mass is 9.88. The van der Waals surface area contributed by atoms with Crippen molar-refractivity contribution in [2.24, 2.45) is 11.5 Å². The first-order valence-corrected chi connectivity index (χ1v) is 7.08. The average molecular weight is 292 g/mol. The SMILES string of the molecule is Cc1nnc(SCCC(N)(C(N)=O)c2ccccc2)o1. The molecule has 20 heavy (non-hydrogen) atoms. The maximum Gasteiger partial charge on any atom is 0.276 e. The van der Waals surface area contributed by atoms with Crippen LogP contribution in [-0.4, -0.2) is 21.9 Å². The predicted octanol–water partition coefficient (Wildman–Crippen LogP) is 1.20. The van der Waals surface area contributed by atoms with Crippen molar-refractivity contribution < 1.29 is 9.21 Å². The van der Waals surface area contributed by atoms with E-state index in [2.05, 4.69) is 10.2 Å². The lowest BCUT2D eigenvalue weighted by Crippen LogP contribution is -2.49. The van der Waals surface area contributed by atoms with Gasteiger partial charge in [0.1, 0.15) is 5.54 Å². The van der Waals surface area contributed by atoms with E-state index in [1.165, 1.54) is 11.8 Å². The summed E-state index contributed by atoms with van der Waals surface area (Å²) < 4.78 is 5.25. The van der Waals surface area contributed by atoms with Crippen molar-refractivity contribution in [1.29, 1.82) is 0 Å². The zero-order valence-electron chi connectivity index (χ0n) is 11.1. The molecule has 2 aromatic rings. The molecular formula is C13H16N4O2S. The van der Waals surface area contributed by atoms with E-state index in [9.17, 15) is 4.79 Å². The number of amides is 1. The van der Waals surface area contributed by atoms with Crippen LogP contribution in [-0.2, 0) is 10.3 Å². The Balaban J connectivity index is 2.05. The van der Waals surface area contributed by atoms with Gasteiger partial charge >= 0.3 is 0 Å². The molecule has 1 aromatic heterocycles. The fourth-order valence-electron chi connectivity index (χ4n) is 1.78. The van der Waals surface area contributed by atoms with Crippen molar-refractivity contribution in [1.82, 2.24) is 10.2 Å². The Kier molecular flexibility index (Phi) is 4.41. The van der Waals surface area contributed by atoms with Crippen molar-refractivity contribution in [3.63, 3.8) is 0 Å². The third-order valence-electron chi connectivity index (χ3n) is 2.96. The standard InChI is InChI=1S/C13H16N4O2S/c1-9-16-17-12(19-9)20-8-7-13(15,11(14)18)10-5-3-2-4-6-10/h2-6H,7-8,15H2,1H3,(H2,14,18). The molecule has 1 aromatic carbocycles. The Hall–Kier alpha value is -1.86. The number of benzene rings is 1. The summed E-state index contributed by atoms with van der Waals surface area (Å²) in [5, 5.41) is 8.07. The first-order chi connectivity index (χ1) is 9.52. The van der Waals surface area contributed by atoms with Crippen LogP contribution in [0.1, 0.15) is 17.9 Å². The molecule has 0 bridgehead atoms. The van der Waals surface area contributed by atoms with Gasteiger partial charge in [-0.1, -0.05) is 42.1 Å². The Morgan fingerprint density at radius 3 is 2.60 bits per heavy atom. The number of hydrogen-bond acceptors (Lipinski definition) is 6. The molecule has 0 spiro atoms. The van der Waals surface area contributed by atoms with Crippen LogP contribution in [0.15, 0.2) is 40.0 Å². The summed E-state index contributed by atoms with van der Waals surface area (Å²) in [5.41, 5.74) is 11.2.